The average Bonchev–Trinajstić information content (AvgIpc) is 3.18. The molecule has 1 unspecified atom stereocenters. The van der Waals surface area contributed by atoms with Crippen LogP contribution in [0.4, 0.5) is 5.69 Å². The zero-order valence-corrected chi connectivity index (χ0v) is 16.6. The summed E-state index contributed by atoms with van der Waals surface area (Å²) in [5.41, 5.74) is 4.52. The molecule has 0 aliphatic carbocycles. The first kappa shape index (κ1) is 18.9. The zero-order valence-electron chi connectivity index (χ0n) is 16.6. The number of benzene rings is 2. The molecule has 0 fully saturated rings. The molecule has 1 aliphatic rings. The minimum absolute atomic E-state index is 0.107. The molecule has 7 heteroatoms. The molecule has 2 aromatic carbocycles. The number of nitrogens with zero attached hydrogens (tertiary/aromatic N) is 1. The van der Waals surface area contributed by atoms with E-state index in [1.54, 1.807) is 20.4 Å². The number of carbonyl (C=O) groups is 1. The summed E-state index contributed by atoms with van der Waals surface area (Å²) in [6, 6.07) is 11.3. The summed E-state index contributed by atoms with van der Waals surface area (Å²) >= 11 is 0. The second-order valence-corrected chi connectivity index (χ2v) is 7.00. The van der Waals surface area contributed by atoms with Gasteiger partial charge in [0, 0.05) is 11.3 Å². The lowest BCUT2D eigenvalue weighted by atomic mass is 9.95. The minimum atomic E-state index is -0.296. The van der Waals surface area contributed by atoms with Crippen LogP contribution in [0.2, 0.25) is 0 Å². The standard InChI is InChI=1S/C22H23N3O4/c1-13-18(11-23-25-13)14-4-6-19(21(10-14)28-3)24-22(26)16-8-15-9-17(27-2)5-7-20(15)29-12-16/h4-7,9-11,16H,8,12H2,1-3H3,(H,23,25)(H,24,26). The third kappa shape index (κ3) is 3.76. The Balaban J connectivity index is 1.51. The highest BCUT2D eigenvalue weighted by molar-refractivity contribution is 5.95. The van der Waals surface area contributed by atoms with Gasteiger partial charge in [0.1, 0.15) is 23.9 Å². The maximum absolute atomic E-state index is 12.9. The van der Waals surface area contributed by atoms with Gasteiger partial charge in [-0.05, 0) is 54.8 Å². The van der Waals surface area contributed by atoms with Crippen LogP contribution in [0, 0.1) is 12.8 Å². The van der Waals surface area contributed by atoms with Crippen LogP contribution >= 0.6 is 0 Å². The quantitative estimate of drug-likeness (QED) is 0.692. The van der Waals surface area contributed by atoms with Crippen LogP contribution in [0.3, 0.4) is 0 Å². The van der Waals surface area contributed by atoms with Crippen LogP contribution in [-0.4, -0.2) is 36.9 Å². The Bertz CT molecular complexity index is 1040. The number of nitrogens with one attached hydrogen (secondary N) is 2. The third-order valence-corrected chi connectivity index (χ3v) is 5.15. The Morgan fingerprint density at radius 2 is 2.07 bits per heavy atom. The fraction of sp³-hybridized carbons (Fsp3) is 0.273. The molecule has 2 N–H and O–H groups in total. The van der Waals surface area contributed by atoms with Crippen LogP contribution in [0.25, 0.3) is 11.1 Å². The number of ether oxygens (including phenoxy) is 3. The molecule has 1 amide bonds. The first-order chi connectivity index (χ1) is 14.1. The summed E-state index contributed by atoms with van der Waals surface area (Å²) in [6.07, 6.45) is 2.36. The Morgan fingerprint density at radius 1 is 1.21 bits per heavy atom. The molecule has 3 aromatic rings. The molecule has 7 nitrogen and oxygen atoms in total. The molecule has 0 spiro atoms. The molecule has 0 saturated heterocycles. The van der Waals surface area contributed by atoms with Crippen molar-refractivity contribution in [3.8, 4) is 28.4 Å². The summed E-state index contributed by atoms with van der Waals surface area (Å²) in [6.45, 7) is 2.29. The highest BCUT2D eigenvalue weighted by atomic mass is 16.5. The van der Waals surface area contributed by atoms with Gasteiger partial charge in [0.05, 0.1) is 32.0 Å². The topological polar surface area (TPSA) is 85.5 Å². The molecule has 29 heavy (non-hydrogen) atoms. The summed E-state index contributed by atoms with van der Waals surface area (Å²) in [4.78, 5) is 12.9. The lowest BCUT2D eigenvalue weighted by molar-refractivity contribution is -0.121. The molecule has 2 heterocycles. The highest BCUT2D eigenvalue weighted by Crippen LogP contribution is 2.34. The largest absolute Gasteiger partial charge is 0.497 e. The highest BCUT2D eigenvalue weighted by Gasteiger charge is 2.27. The number of fused-ring (bicyclic) bond motifs is 1. The van der Waals surface area contributed by atoms with Gasteiger partial charge in [-0.25, -0.2) is 0 Å². The summed E-state index contributed by atoms with van der Waals surface area (Å²) in [7, 11) is 3.21. The maximum Gasteiger partial charge on any atom is 0.231 e. The van der Waals surface area contributed by atoms with Crippen LogP contribution < -0.4 is 19.5 Å². The lowest BCUT2D eigenvalue weighted by Crippen LogP contribution is -2.32. The normalized spacial score (nSPS) is 15.2. The van der Waals surface area contributed by atoms with E-state index in [2.05, 4.69) is 15.5 Å². The van der Waals surface area contributed by atoms with Gasteiger partial charge in [-0.2, -0.15) is 5.10 Å². The molecule has 1 aromatic heterocycles. The first-order valence-electron chi connectivity index (χ1n) is 9.38. The van der Waals surface area contributed by atoms with Crippen molar-refractivity contribution in [2.45, 2.75) is 13.3 Å². The van der Waals surface area contributed by atoms with Gasteiger partial charge in [0.15, 0.2) is 0 Å². The van der Waals surface area contributed by atoms with E-state index in [9.17, 15) is 4.79 Å². The third-order valence-electron chi connectivity index (χ3n) is 5.15. The minimum Gasteiger partial charge on any atom is -0.497 e. The van der Waals surface area contributed by atoms with Gasteiger partial charge in [-0.3, -0.25) is 9.89 Å². The summed E-state index contributed by atoms with van der Waals surface area (Å²) in [5, 5.41) is 9.96. The zero-order chi connectivity index (χ0) is 20.4. The molecular weight excluding hydrogens is 370 g/mol. The van der Waals surface area contributed by atoms with Crippen molar-refractivity contribution >= 4 is 11.6 Å². The molecule has 4 rings (SSSR count). The van der Waals surface area contributed by atoms with E-state index in [0.717, 1.165) is 33.9 Å². The number of aromatic amines is 1. The van der Waals surface area contributed by atoms with Crippen LogP contribution in [0.15, 0.2) is 42.6 Å². The number of hydrogen-bond acceptors (Lipinski definition) is 5. The predicted molar refractivity (Wildman–Crippen MR) is 110 cm³/mol. The Kier molecular flexibility index (Phi) is 5.12. The number of aryl methyl sites for hydroxylation is 1. The van der Waals surface area contributed by atoms with Gasteiger partial charge in [-0.15, -0.1) is 0 Å². The van der Waals surface area contributed by atoms with Crippen LogP contribution in [0.5, 0.6) is 17.2 Å². The van der Waals surface area contributed by atoms with E-state index < -0.39 is 0 Å². The van der Waals surface area contributed by atoms with Crippen LogP contribution in [-0.2, 0) is 11.2 Å². The Labute approximate surface area is 169 Å². The lowest BCUT2D eigenvalue weighted by Gasteiger charge is -2.25. The Morgan fingerprint density at radius 3 is 2.79 bits per heavy atom. The van der Waals surface area contributed by atoms with E-state index in [-0.39, 0.29) is 11.8 Å². The van der Waals surface area contributed by atoms with Crippen molar-refractivity contribution in [1.82, 2.24) is 10.2 Å². The second kappa shape index (κ2) is 7.87. The second-order valence-electron chi connectivity index (χ2n) is 7.00. The number of amides is 1. The number of methoxy groups -OCH3 is 2. The van der Waals surface area contributed by atoms with Crippen LogP contribution in [0.1, 0.15) is 11.3 Å². The maximum atomic E-state index is 12.9. The van der Waals surface area contributed by atoms with Gasteiger partial charge in [0.2, 0.25) is 5.91 Å². The number of H-pyrrole nitrogens is 1. The molecule has 0 radical (unpaired) electrons. The van der Waals surface area contributed by atoms with E-state index in [1.165, 1.54) is 0 Å². The first-order valence-corrected chi connectivity index (χ1v) is 9.38. The smallest absolute Gasteiger partial charge is 0.231 e. The van der Waals surface area contributed by atoms with Crippen molar-refractivity contribution in [2.75, 3.05) is 26.1 Å². The molecule has 0 bridgehead atoms. The number of aromatic nitrogens is 2. The summed E-state index contributed by atoms with van der Waals surface area (Å²) in [5.74, 6) is 1.74. The van der Waals surface area contributed by atoms with Gasteiger partial charge < -0.3 is 19.5 Å². The van der Waals surface area contributed by atoms with Crippen molar-refractivity contribution < 1.29 is 19.0 Å². The van der Waals surface area contributed by atoms with Gasteiger partial charge >= 0.3 is 0 Å². The van der Waals surface area contributed by atoms with E-state index in [1.807, 2.05) is 43.3 Å². The average molecular weight is 393 g/mol. The van der Waals surface area contributed by atoms with Crippen molar-refractivity contribution in [1.29, 1.82) is 0 Å². The molecular formula is C22H23N3O4. The summed E-state index contributed by atoms with van der Waals surface area (Å²) < 4.78 is 16.6. The van der Waals surface area contributed by atoms with Gasteiger partial charge in [-0.1, -0.05) is 6.07 Å². The van der Waals surface area contributed by atoms with Gasteiger partial charge in [0.25, 0.3) is 0 Å². The van der Waals surface area contributed by atoms with Crippen molar-refractivity contribution in [3.05, 3.63) is 53.9 Å². The number of hydrogen-bond donors (Lipinski definition) is 2. The van der Waals surface area contributed by atoms with E-state index >= 15 is 0 Å². The predicted octanol–water partition coefficient (Wildman–Crippen LogP) is 3.59. The molecule has 1 atom stereocenters. The molecule has 150 valence electrons. The van der Waals surface area contributed by atoms with E-state index in [4.69, 9.17) is 14.2 Å². The fourth-order valence-corrected chi connectivity index (χ4v) is 3.50. The number of anilines is 1. The SMILES string of the molecule is COc1ccc2c(c1)CC(C(=O)Nc1ccc(-c3cn[nH]c3C)cc1OC)CO2. The van der Waals surface area contributed by atoms with Crippen molar-refractivity contribution in [3.63, 3.8) is 0 Å². The molecule has 0 saturated carbocycles. The Hall–Kier alpha value is -3.48. The van der Waals surface area contributed by atoms with Crippen molar-refractivity contribution in [2.24, 2.45) is 5.92 Å². The monoisotopic (exact) mass is 393 g/mol. The number of carbonyl (C=O) groups excluding carboxylic acids is 1. The fourth-order valence-electron chi connectivity index (χ4n) is 3.50. The number of rotatable bonds is 5. The molecule has 1 aliphatic heterocycles. The van der Waals surface area contributed by atoms with E-state index in [0.29, 0.717) is 24.5 Å².